The third-order valence-electron chi connectivity index (χ3n) is 0.876. The average molecular weight is 143 g/mol. The Kier molecular flexibility index (Phi) is 3.17. The third kappa shape index (κ3) is 3.65. The highest BCUT2D eigenvalue weighted by atomic mass is 16.4. The first-order valence-electron chi connectivity index (χ1n) is 2.69. The lowest BCUT2D eigenvalue weighted by atomic mass is 10.2. The molecule has 0 aromatic heterocycles. The summed E-state index contributed by atoms with van der Waals surface area (Å²) in [5.74, 6) is -0.289. The SMILES string of the molecule is C=C(C)C(=O)CNC(=O)O. The van der Waals surface area contributed by atoms with Gasteiger partial charge in [0.15, 0.2) is 5.78 Å². The van der Waals surface area contributed by atoms with Gasteiger partial charge in [0, 0.05) is 0 Å². The quantitative estimate of drug-likeness (QED) is 0.562. The van der Waals surface area contributed by atoms with Gasteiger partial charge in [-0.25, -0.2) is 4.79 Å². The van der Waals surface area contributed by atoms with Gasteiger partial charge in [-0.3, -0.25) is 4.79 Å². The maximum absolute atomic E-state index is 10.6. The first-order chi connectivity index (χ1) is 4.54. The maximum Gasteiger partial charge on any atom is 0.405 e. The molecule has 0 aliphatic carbocycles. The van der Waals surface area contributed by atoms with Gasteiger partial charge in [-0.05, 0) is 12.5 Å². The Labute approximate surface area is 58.5 Å². The fourth-order valence-corrected chi connectivity index (χ4v) is 0.307. The molecule has 1 amide bonds. The summed E-state index contributed by atoms with van der Waals surface area (Å²) >= 11 is 0. The highest BCUT2D eigenvalue weighted by Crippen LogP contribution is 1.86. The largest absolute Gasteiger partial charge is 0.465 e. The van der Waals surface area contributed by atoms with Crippen LogP contribution in [0.1, 0.15) is 6.92 Å². The van der Waals surface area contributed by atoms with Crippen molar-refractivity contribution in [3.8, 4) is 0 Å². The topological polar surface area (TPSA) is 66.4 Å². The lowest BCUT2D eigenvalue weighted by Gasteiger charge is -1.97. The van der Waals surface area contributed by atoms with E-state index in [0.717, 1.165) is 0 Å². The number of carbonyl (C=O) groups is 2. The van der Waals surface area contributed by atoms with Crippen molar-refractivity contribution < 1.29 is 14.7 Å². The first-order valence-corrected chi connectivity index (χ1v) is 2.69. The van der Waals surface area contributed by atoms with Gasteiger partial charge in [-0.1, -0.05) is 6.58 Å². The molecule has 10 heavy (non-hydrogen) atoms. The number of rotatable bonds is 3. The molecule has 0 fully saturated rings. The predicted octanol–water partition coefficient (Wildman–Crippen LogP) is 0.399. The van der Waals surface area contributed by atoms with Crippen LogP contribution < -0.4 is 5.32 Å². The zero-order chi connectivity index (χ0) is 8.15. The van der Waals surface area contributed by atoms with Crippen LogP contribution in [0.3, 0.4) is 0 Å². The van der Waals surface area contributed by atoms with Crippen molar-refractivity contribution in [1.29, 1.82) is 0 Å². The smallest absolute Gasteiger partial charge is 0.405 e. The van der Waals surface area contributed by atoms with E-state index in [9.17, 15) is 9.59 Å². The van der Waals surface area contributed by atoms with Crippen LogP contribution in [-0.2, 0) is 4.79 Å². The van der Waals surface area contributed by atoms with Gasteiger partial charge in [0.05, 0.1) is 6.54 Å². The molecule has 0 saturated carbocycles. The number of carbonyl (C=O) groups excluding carboxylic acids is 1. The van der Waals surface area contributed by atoms with E-state index in [2.05, 4.69) is 6.58 Å². The fraction of sp³-hybridized carbons (Fsp3) is 0.333. The molecule has 2 N–H and O–H groups in total. The van der Waals surface area contributed by atoms with Crippen LogP contribution in [0.4, 0.5) is 4.79 Å². The highest BCUT2D eigenvalue weighted by molar-refractivity contribution is 5.96. The molecule has 0 heterocycles. The van der Waals surface area contributed by atoms with Crippen LogP contribution in [0.15, 0.2) is 12.2 Å². The number of amides is 1. The number of Topliss-reactive ketones (excluding diaryl/α,β-unsaturated/α-hetero) is 1. The van der Waals surface area contributed by atoms with Gasteiger partial charge in [-0.15, -0.1) is 0 Å². The van der Waals surface area contributed by atoms with Crippen molar-refractivity contribution in [3.05, 3.63) is 12.2 Å². The van der Waals surface area contributed by atoms with Crippen molar-refractivity contribution in [3.63, 3.8) is 0 Å². The van der Waals surface area contributed by atoms with Crippen molar-refractivity contribution in [1.82, 2.24) is 5.32 Å². The van der Waals surface area contributed by atoms with Crippen LogP contribution in [0, 0.1) is 0 Å². The van der Waals surface area contributed by atoms with Gasteiger partial charge in [0.1, 0.15) is 0 Å². The molecular weight excluding hydrogens is 134 g/mol. The number of hydrogen-bond acceptors (Lipinski definition) is 2. The van der Waals surface area contributed by atoms with Crippen LogP contribution in [0.2, 0.25) is 0 Å². The Morgan fingerprint density at radius 1 is 1.60 bits per heavy atom. The minimum absolute atomic E-state index is 0.190. The second-order valence-corrected chi connectivity index (χ2v) is 1.86. The lowest BCUT2D eigenvalue weighted by Crippen LogP contribution is -2.27. The van der Waals surface area contributed by atoms with Crippen LogP contribution in [0.25, 0.3) is 0 Å². The van der Waals surface area contributed by atoms with Gasteiger partial charge in [-0.2, -0.15) is 0 Å². The van der Waals surface area contributed by atoms with Crippen molar-refractivity contribution in [2.75, 3.05) is 6.54 Å². The summed E-state index contributed by atoms with van der Waals surface area (Å²) in [7, 11) is 0. The monoisotopic (exact) mass is 143 g/mol. The molecule has 0 rings (SSSR count). The molecule has 0 bridgehead atoms. The van der Waals surface area contributed by atoms with Gasteiger partial charge in [0.25, 0.3) is 0 Å². The Bertz CT molecular complexity index is 174. The van der Waals surface area contributed by atoms with E-state index >= 15 is 0 Å². The average Bonchev–Trinajstić information content (AvgIpc) is 1.82. The minimum Gasteiger partial charge on any atom is -0.465 e. The summed E-state index contributed by atoms with van der Waals surface area (Å²) in [6.07, 6.45) is -1.20. The number of nitrogens with one attached hydrogen (secondary N) is 1. The van der Waals surface area contributed by atoms with Gasteiger partial charge < -0.3 is 10.4 Å². The van der Waals surface area contributed by atoms with Crippen molar-refractivity contribution >= 4 is 11.9 Å². The first kappa shape index (κ1) is 8.68. The molecular formula is C6H9NO3. The summed E-state index contributed by atoms with van der Waals surface area (Å²) in [6, 6.07) is 0. The van der Waals surface area contributed by atoms with Gasteiger partial charge in [0.2, 0.25) is 0 Å². The molecule has 56 valence electrons. The van der Waals surface area contributed by atoms with E-state index in [1.54, 1.807) is 0 Å². The van der Waals surface area contributed by atoms with Crippen molar-refractivity contribution in [2.24, 2.45) is 0 Å². The molecule has 0 saturated heterocycles. The van der Waals surface area contributed by atoms with E-state index in [0.29, 0.717) is 5.57 Å². The zero-order valence-electron chi connectivity index (χ0n) is 5.68. The third-order valence-corrected chi connectivity index (χ3v) is 0.876. The molecule has 0 unspecified atom stereocenters. The second kappa shape index (κ2) is 3.66. The van der Waals surface area contributed by atoms with E-state index in [-0.39, 0.29) is 12.3 Å². The summed E-state index contributed by atoms with van der Waals surface area (Å²) < 4.78 is 0. The molecule has 4 heteroatoms. The van der Waals surface area contributed by atoms with Crippen LogP contribution in [0.5, 0.6) is 0 Å². The number of hydrogen-bond donors (Lipinski definition) is 2. The minimum atomic E-state index is -1.20. The predicted molar refractivity (Wildman–Crippen MR) is 35.8 cm³/mol. The maximum atomic E-state index is 10.6. The lowest BCUT2D eigenvalue weighted by molar-refractivity contribution is -0.114. The summed E-state index contributed by atoms with van der Waals surface area (Å²) in [5.41, 5.74) is 0.355. The molecule has 0 atom stereocenters. The zero-order valence-corrected chi connectivity index (χ0v) is 5.68. The van der Waals surface area contributed by atoms with Crippen LogP contribution >= 0.6 is 0 Å². The van der Waals surface area contributed by atoms with Gasteiger partial charge >= 0.3 is 6.09 Å². The molecule has 4 nitrogen and oxygen atoms in total. The normalized spacial score (nSPS) is 8.50. The Morgan fingerprint density at radius 3 is 2.40 bits per heavy atom. The Balaban J connectivity index is 3.60. The van der Waals surface area contributed by atoms with E-state index in [1.807, 2.05) is 5.32 Å². The standard InChI is InChI=1S/C6H9NO3/c1-4(2)5(8)3-7-6(9)10/h7H,1,3H2,2H3,(H,9,10). The molecule has 0 aromatic carbocycles. The molecule has 0 spiro atoms. The molecule has 0 radical (unpaired) electrons. The Morgan fingerprint density at radius 2 is 2.10 bits per heavy atom. The molecule has 0 aliphatic rings. The summed E-state index contributed by atoms with van der Waals surface area (Å²) in [5, 5.41) is 9.98. The van der Waals surface area contributed by atoms with E-state index < -0.39 is 6.09 Å². The second-order valence-electron chi connectivity index (χ2n) is 1.86. The summed E-state index contributed by atoms with van der Waals surface area (Å²) in [6.45, 7) is 4.69. The molecule has 0 aromatic rings. The Hall–Kier alpha value is -1.32. The van der Waals surface area contributed by atoms with E-state index in [4.69, 9.17) is 5.11 Å². The number of carboxylic acid groups (broad SMARTS) is 1. The number of ketones is 1. The van der Waals surface area contributed by atoms with Crippen molar-refractivity contribution in [2.45, 2.75) is 6.92 Å². The van der Waals surface area contributed by atoms with E-state index in [1.165, 1.54) is 6.92 Å². The van der Waals surface area contributed by atoms with Crippen LogP contribution in [-0.4, -0.2) is 23.5 Å². The molecule has 0 aliphatic heterocycles. The fourth-order valence-electron chi connectivity index (χ4n) is 0.307. The highest BCUT2D eigenvalue weighted by Gasteiger charge is 2.02. The summed E-state index contributed by atoms with van der Waals surface area (Å²) in [4.78, 5) is 20.5.